The molecule has 0 spiro atoms. The van der Waals surface area contributed by atoms with Crippen molar-refractivity contribution in [2.45, 2.75) is 104 Å². The first kappa shape index (κ1) is 21.4. The molecule has 22 heavy (non-hydrogen) atoms. The third-order valence-electron chi connectivity index (χ3n) is 3.00. The Hall–Kier alpha value is -0.610. The summed E-state index contributed by atoms with van der Waals surface area (Å²) in [5.41, 5.74) is -0.0983. The van der Waals surface area contributed by atoms with Gasteiger partial charge in [0.05, 0.1) is 6.04 Å². The monoisotopic (exact) mass is 313 g/mol. The molecule has 1 unspecified atom stereocenters. The van der Waals surface area contributed by atoms with Crippen LogP contribution in [0.4, 0.5) is 0 Å². The maximum Gasteiger partial charge on any atom is 0.237 e. The normalized spacial score (nSPS) is 14.8. The van der Waals surface area contributed by atoms with Gasteiger partial charge in [-0.3, -0.25) is 4.79 Å². The largest absolute Gasteiger partial charge is 0.350 e. The molecule has 0 saturated heterocycles. The van der Waals surface area contributed by atoms with Crippen LogP contribution < -0.4 is 16.0 Å². The molecule has 0 saturated carbocycles. The van der Waals surface area contributed by atoms with Crippen LogP contribution in [0.15, 0.2) is 0 Å². The number of rotatable bonds is 7. The van der Waals surface area contributed by atoms with Crippen molar-refractivity contribution < 1.29 is 4.79 Å². The highest BCUT2D eigenvalue weighted by atomic mass is 16.2. The molecule has 0 aliphatic rings. The van der Waals surface area contributed by atoms with Crippen LogP contribution in [-0.2, 0) is 4.79 Å². The maximum absolute atomic E-state index is 12.5. The average Bonchev–Trinajstić information content (AvgIpc) is 2.21. The van der Waals surface area contributed by atoms with Crippen LogP contribution in [0.1, 0.15) is 81.6 Å². The van der Waals surface area contributed by atoms with Gasteiger partial charge in [-0.15, -0.1) is 0 Å². The first-order valence-electron chi connectivity index (χ1n) is 8.54. The van der Waals surface area contributed by atoms with E-state index in [-0.39, 0.29) is 28.6 Å². The van der Waals surface area contributed by atoms with Crippen LogP contribution in [0.2, 0.25) is 0 Å². The van der Waals surface area contributed by atoms with E-state index in [0.29, 0.717) is 0 Å². The topological polar surface area (TPSA) is 53.2 Å². The van der Waals surface area contributed by atoms with Crippen molar-refractivity contribution in [1.29, 1.82) is 0 Å². The summed E-state index contributed by atoms with van der Waals surface area (Å²) in [6, 6.07) is -0.131. The lowest BCUT2D eigenvalue weighted by Crippen LogP contribution is -2.55. The van der Waals surface area contributed by atoms with Gasteiger partial charge in [0, 0.05) is 16.6 Å². The molecule has 4 nitrogen and oxygen atoms in total. The van der Waals surface area contributed by atoms with Gasteiger partial charge in [-0.25, -0.2) is 0 Å². The maximum atomic E-state index is 12.5. The summed E-state index contributed by atoms with van der Waals surface area (Å²) in [4.78, 5) is 12.5. The molecule has 0 fully saturated rings. The first-order chi connectivity index (χ1) is 9.70. The number of hydrogen-bond acceptors (Lipinski definition) is 3. The van der Waals surface area contributed by atoms with Gasteiger partial charge in [-0.05, 0) is 81.7 Å². The van der Waals surface area contributed by atoms with E-state index in [9.17, 15) is 4.79 Å². The fourth-order valence-electron chi connectivity index (χ4n) is 2.19. The van der Waals surface area contributed by atoms with E-state index in [1.165, 1.54) is 0 Å². The zero-order valence-corrected chi connectivity index (χ0v) is 16.3. The minimum Gasteiger partial charge on any atom is -0.350 e. The van der Waals surface area contributed by atoms with Gasteiger partial charge in [0.25, 0.3) is 0 Å². The Balaban J connectivity index is 4.40. The molecule has 132 valence electrons. The molecule has 1 atom stereocenters. The predicted octanol–water partition coefficient (Wildman–Crippen LogP) is 3.22. The molecule has 0 aliphatic heterocycles. The molecule has 0 aromatic heterocycles. The second-order valence-corrected chi connectivity index (χ2v) is 9.36. The van der Waals surface area contributed by atoms with Gasteiger partial charge in [-0.2, -0.15) is 0 Å². The van der Waals surface area contributed by atoms with Gasteiger partial charge in [0.1, 0.15) is 0 Å². The molecular weight excluding hydrogens is 274 g/mol. The van der Waals surface area contributed by atoms with Crippen LogP contribution >= 0.6 is 0 Å². The number of carbonyl (C=O) groups is 1. The van der Waals surface area contributed by atoms with Crippen molar-refractivity contribution in [1.82, 2.24) is 16.0 Å². The van der Waals surface area contributed by atoms with Crippen molar-refractivity contribution in [3.8, 4) is 0 Å². The average molecular weight is 314 g/mol. The molecule has 0 aliphatic carbocycles. The van der Waals surface area contributed by atoms with E-state index >= 15 is 0 Å². The van der Waals surface area contributed by atoms with Crippen LogP contribution in [-0.4, -0.2) is 35.1 Å². The Morgan fingerprint density at radius 2 is 1.36 bits per heavy atom. The van der Waals surface area contributed by atoms with Gasteiger partial charge >= 0.3 is 0 Å². The number of nitrogens with one attached hydrogen (secondary N) is 3. The van der Waals surface area contributed by atoms with Gasteiger partial charge in [0.2, 0.25) is 5.91 Å². The van der Waals surface area contributed by atoms with Crippen molar-refractivity contribution >= 4 is 5.91 Å². The molecule has 0 heterocycles. The SMILES string of the molecule is CC(C)(C)NCCCCC(NC(C)(C)C)C(=O)NC(C)(C)C. The summed E-state index contributed by atoms with van der Waals surface area (Å²) in [6.07, 6.45) is 2.99. The lowest BCUT2D eigenvalue weighted by molar-refractivity contribution is -0.125. The summed E-state index contributed by atoms with van der Waals surface area (Å²) < 4.78 is 0. The number of unbranched alkanes of at least 4 members (excludes halogenated alkanes) is 1. The molecule has 3 N–H and O–H groups in total. The van der Waals surface area contributed by atoms with Crippen molar-refractivity contribution in [3.63, 3.8) is 0 Å². The fourth-order valence-corrected chi connectivity index (χ4v) is 2.19. The summed E-state index contributed by atoms with van der Waals surface area (Å²) in [5.74, 6) is 0.103. The molecule has 4 heteroatoms. The highest BCUT2D eigenvalue weighted by Gasteiger charge is 2.26. The minimum absolute atomic E-state index is 0.0659. The molecule has 0 rings (SSSR count). The third kappa shape index (κ3) is 13.1. The molecule has 0 aromatic rings. The van der Waals surface area contributed by atoms with E-state index < -0.39 is 0 Å². The zero-order chi connectivity index (χ0) is 17.6. The molecule has 0 radical (unpaired) electrons. The van der Waals surface area contributed by atoms with Gasteiger partial charge in [-0.1, -0.05) is 6.42 Å². The standard InChI is InChI=1S/C18H39N3O/c1-16(2,3)19-13-11-10-12-14(20-17(4,5)6)15(22)21-18(7,8)9/h14,19-20H,10-13H2,1-9H3,(H,21,22). The van der Waals surface area contributed by atoms with E-state index in [1.54, 1.807) is 0 Å². The van der Waals surface area contributed by atoms with Gasteiger partial charge in [0.15, 0.2) is 0 Å². The lowest BCUT2D eigenvalue weighted by atomic mass is 10.0. The Morgan fingerprint density at radius 3 is 1.77 bits per heavy atom. The fraction of sp³-hybridized carbons (Fsp3) is 0.944. The number of carbonyl (C=O) groups excluding carboxylic acids is 1. The molecular formula is C18H39N3O. The first-order valence-corrected chi connectivity index (χ1v) is 8.54. The van der Waals surface area contributed by atoms with Crippen LogP contribution in [0, 0.1) is 0 Å². The summed E-state index contributed by atoms with van der Waals surface area (Å²) >= 11 is 0. The Morgan fingerprint density at radius 1 is 0.818 bits per heavy atom. The second kappa shape index (κ2) is 8.30. The van der Waals surface area contributed by atoms with Crippen molar-refractivity contribution in [3.05, 3.63) is 0 Å². The zero-order valence-electron chi connectivity index (χ0n) is 16.3. The van der Waals surface area contributed by atoms with Crippen LogP contribution in [0.5, 0.6) is 0 Å². The van der Waals surface area contributed by atoms with Crippen molar-refractivity contribution in [2.75, 3.05) is 6.54 Å². The predicted molar refractivity (Wildman–Crippen MR) is 96.2 cm³/mol. The highest BCUT2D eigenvalue weighted by molar-refractivity contribution is 5.82. The quantitative estimate of drug-likeness (QED) is 0.633. The molecule has 1 amide bonds. The van der Waals surface area contributed by atoms with Gasteiger partial charge < -0.3 is 16.0 Å². The van der Waals surface area contributed by atoms with E-state index in [1.807, 2.05) is 20.8 Å². The summed E-state index contributed by atoms with van der Waals surface area (Å²) in [5, 5.41) is 10.0. The molecule has 0 aromatic carbocycles. The van der Waals surface area contributed by atoms with Crippen molar-refractivity contribution in [2.24, 2.45) is 0 Å². The number of hydrogen-bond donors (Lipinski definition) is 3. The summed E-state index contributed by atoms with van der Waals surface area (Å²) in [7, 11) is 0. The van der Waals surface area contributed by atoms with E-state index in [0.717, 1.165) is 25.8 Å². The van der Waals surface area contributed by atoms with E-state index in [2.05, 4.69) is 57.5 Å². The lowest BCUT2D eigenvalue weighted by Gasteiger charge is -2.31. The Labute approximate surface area is 138 Å². The minimum atomic E-state index is -0.192. The smallest absolute Gasteiger partial charge is 0.237 e. The Bertz CT molecular complexity index is 332. The summed E-state index contributed by atoms with van der Waals surface area (Å²) in [6.45, 7) is 19.9. The number of amides is 1. The third-order valence-corrected chi connectivity index (χ3v) is 3.00. The Kier molecular flexibility index (Phi) is 8.07. The van der Waals surface area contributed by atoms with Crippen LogP contribution in [0.25, 0.3) is 0 Å². The second-order valence-electron chi connectivity index (χ2n) is 9.36. The van der Waals surface area contributed by atoms with E-state index in [4.69, 9.17) is 0 Å². The molecule has 0 bridgehead atoms. The van der Waals surface area contributed by atoms with Crippen LogP contribution in [0.3, 0.4) is 0 Å². The highest BCUT2D eigenvalue weighted by Crippen LogP contribution is 2.10.